The SMILES string of the molecule is [B]NCCc1ccc(-c2cnc(N)c(C(=O)Nc3cnccc3N3CCOCC3)n2)cn1. The Kier molecular flexibility index (Phi) is 6.88. The van der Waals surface area contributed by atoms with E-state index in [1.807, 2.05) is 18.2 Å². The van der Waals surface area contributed by atoms with Gasteiger partial charge in [-0.05, 0) is 24.7 Å². The molecule has 4 N–H and O–H groups in total. The van der Waals surface area contributed by atoms with Crippen molar-refractivity contribution in [3.63, 3.8) is 0 Å². The van der Waals surface area contributed by atoms with E-state index in [0.29, 0.717) is 37.6 Å². The fourth-order valence-corrected chi connectivity index (χ4v) is 3.37. The summed E-state index contributed by atoms with van der Waals surface area (Å²) in [6.45, 7) is 3.35. The number of hydrogen-bond acceptors (Lipinski definition) is 9. The first kappa shape index (κ1) is 21.7. The number of carbonyl (C=O) groups is 1. The van der Waals surface area contributed by atoms with Crippen molar-refractivity contribution in [2.24, 2.45) is 0 Å². The van der Waals surface area contributed by atoms with Gasteiger partial charge in [0.25, 0.3) is 5.91 Å². The third kappa shape index (κ3) is 5.01. The van der Waals surface area contributed by atoms with E-state index in [9.17, 15) is 4.79 Å². The van der Waals surface area contributed by atoms with Gasteiger partial charge in [-0.15, -0.1) is 0 Å². The molecule has 0 aliphatic carbocycles. The third-order valence-corrected chi connectivity index (χ3v) is 5.06. The highest BCUT2D eigenvalue weighted by Gasteiger charge is 2.19. The number of ether oxygens (including phenoxy) is 1. The first-order valence-corrected chi connectivity index (χ1v) is 10.2. The van der Waals surface area contributed by atoms with Crippen molar-refractivity contribution < 1.29 is 9.53 Å². The van der Waals surface area contributed by atoms with Gasteiger partial charge in [0.1, 0.15) is 0 Å². The largest absolute Gasteiger partial charge is 0.382 e. The third-order valence-electron chi connectivity index (χ3n) is 5.06. The van der Waals surface area contributed by atoms with Crippen molar-refractivity contribution in [3.8, 4) is 11.3 Å². The van der Waals surface area contributed by atoms with Gasteiger partial charge in [-0.1, -0.05) is 0 Å². The number of morpholine rings is 1. The fraction of sp³-hybridized carbons (Fsp3) is 0.286. The molecule has 1 aliphatic heterocycles. The van der Waals surface area contributed by atoms with Gasteiger partial charge in [0.15, 0.2) is 19.5 Å². The highest BCUT2D eigenvalue weighted by atomic mass is 16.5. The summed E-state index contributed by atoms with van der Waals surface area (Å²) in [7, 11) is 5.31. The van der Waals surface area contributed by atoms with Crippen molar-refractivity contribution in [1.82, 2.24) is 25.2 Å². The van der Waals surface area contributed by atoms with Crippen LogP contribution < -0.4 is 21.2 Å². The van der Waals surface area contributed by atoms with E-state index in [4.69, 9.17) is 18.5 Å². The number of aromatic nitrogens is 4. The van der Waals surface area contributed by atoms with Gasteiger partial charge in [0, 0.05) is 43.2 Å². The molecule has 2 radical (unpaired) electrons. The topological polar surface area (TPSA) is 131 Å². The van der Waals surface area contributed by atoms with Crippen LogP contribution >= 0.6 is 0 Å². The molecule has 0 atom stereocenters. The van der Waals surface area contributed by atoms with E-state index in [-0.39, 0.29) is 11.5 Å². The summed E-state index contributed by atoms with van der Waals surface area (Å²) in [4.78, 5) is 32.3. The second kappa shape index (κ2) is 10.2. The molecule has 0 aromatic carbocycles. The summed E-state index contributed by atoms with van der Waals surface area (Å²) < 4.78 is 5.42. The Balaban J connectivity index is 1.55. The molecule has 0 bridgehead atoms. The molecule has 32 heavy (non-hydrogen) atoms. The van der Waals surface area contributed by atoms with E-state index < -0.39 is 5.91 Å². The van der Waals surface area contributed by atoms with Crippen LogP contribution in [-0.4, -0.2) is 66.7 Å². The van der Waals surface area contributed by atoms with Crippen LogP contribution in [0.5, 0.6) is 0 Å². The molecule has 1 aliphatic rings. The Labute approximate surface area is 187 Å². The lowest BCUT2D eigenvalue weighted by Gasteiger charge is -2.30. The zero-order valence-electron chi connectivity index (χ0n) is 17.5. The summed E-state index contributed by atoms with van der Waals surface area (Å²) in [6, 6.07) is 5.62. The number of nitrogens with one attached hydrogen (secondary N) is 2. The molecule has 1 fully saturated rings. The first-order chi connectivity index (χ1) is 15.7. The average molecular weight is 430 g/mol. The standard InChI is InChI=1S/C21H23BN8O2/c22-27-6-3-15-2-1-14(11-25-15)16-13-26-20(23)19(28-16)21(31)29-17-12-24-5-4-18(17)30-7-9-32-10-8-30/h1-2,4-5,11-13,27H,3,6-10H2,(H2,23,26)(H,29,31). The van der Waals surface area contributed by atoms with Crippen LogP contribution in [0.1, 0.15) is 16.2 Å². The maximum atomic E-state index is 13.0. The minimum atomic E-state index is -0.460. The predicted octanol–water partition coefficient (Wildman–Crippen LogP) is 0.820. The number of amides is 1. The lowest BCUT2D eigenvalue weighted by atomic mass is 10.1. The van der Waals surface area contributed by atoms with Crippen molar-refractivity contribution >= 4 is 31.1 Å². The summed E-state index contributed by atoms with van der Waals surface area (Å²) in [5.41, 5.74) is 9.57. The van der Waals surface area contributed by atoms with Gasteiger partial charge in [0.2, 0.25) is 0 Å². The van der Waals surface area contributed by atoms with E-state index >= 15 is 0 Å². The molecule has 0 saturated carbocycles. The Bertz CT molecular complexity index is 1070. The lowest BCUT2D eigenvalue weighted by molar-refractivity contribution is 0.102. The molecule has 4 heterocycles. The number of nitrogen functional groups attached to an aromatic ring is 1. The summed E-state index contributed by atoms with van der Waals surface area (Å²) in [6.07, 6.45) is 7.21. The summed E-state index contributed by atoms with van der Waals surface area (Å²) in [5.74, 6) is -0.417. The molecule has 4 rings (SSSR count). The molecule has 0 unspecified atom stereocenters. The van der Waals surface area contributed by atoms with Crippen LogP contribution in [0.15, 0.2) is 43.0 Å². The molecular weight excluding hydrogens is 407 g/mol. The van der Waals surface area contributed by atoms with Crippen LogP contribution in [0.2, 0.25) is 0 Å². The van der Waals surface area contributed by atoms with Crippen molar-refractivity contribution in [1.29, 1.82) is 0 Å². The number of rotatable bonds is 7. The minimum Gasteiger partial charge on any atom is -0.382 e. The molecule has 0 spiro atoms. The van der Waals surface area contributed by atoms with E-state index in [0.717, 1.165) is 30.0 Å². The summed E-state index contributed by atoms with van der Waals surface area (Å²) in [5, 5.41) is 5.47. The first-order valence-electron chi connectivity index (χ1n) is 10.2. The highest BCUT2D eigenvalue weighted by molar-refractivity contribution is 6.07. The molecular formula is C21H23BN8O2. The predicted molar refractivity (Wildman–Crippen MR) is 122 cm³/mol. The van der Waals surface area contributed by atoms with Crippen LogP contribution in [0.4, 0.5) is 17.2 Å². The molecule has 10 nitrogen and oxygen atoms in total. The lowest BCUT2D eigenvalue weighted by Crippen LogP contribution is -2.36. The van der Waals surface area contributed by atoms with Crippen LogP contribution in [0.3, 0.4) is 0 Å². The number of hydrogen-bond donors (Lipinski definition) is 3. The smallest absolute Gasteiger partial charge is 0.278 e. The second-order valence-corrected chi connectivity index (χ2v) is 7.18. The highest BCUT2D eigenvalue weighted by Crippen LogP contribution is 2.26. The zero-order valence-corrected chi connectivity index (χ0v) is 17.5. The van der Waals surface area contributed by atoms with Crippen LogP contribution in [-0.2, 0) is 11.2 Å². The van der Waals surface area contributed by atoms with Gasteiger partial charge in [-0.3, -0.25) is 14.8 Å². The molecule has 3 aromatic heterocycles. The number of nitrogens with two attached hydrogens (primary N) is 1. The fourth-order valence-electron chi connectivity index (χ4n) is 3.37. The number of pyridine rings is 2. The van der Waals surface area contributed by atoms with E-state index in [1.165, 1.54) is 6.20 Å². The molecule has 11 heteroatoms. The number of nitrogens with zero attached hydrogens (tertiary/aromatic N) is 5. The average Bonchev–Trinajstić information content (AvgIpc) is 2.84. The minimum absolute atomic E-state index is 0.0377. The van der Waals surface area contributed by atoms with Gasteiger partial charge < -0.3 is 25.9 Å². The molecule has 3 aromatic rings. The molecule has 162 valence electrons. The van der Waals surface area contributed by atoms with Crippen molar-refractivity contribution in [2.45, 2.75) is 6.42 Å². The quantitative estimate of drug-likeness (QED) is 0.466. The second-order valence-electron chi connectivity index (χ2n) is 7.18. The zero-order chi connectivity index (χ0) is 22.3. The van der Waals surface area contributed by atoms with Gasteiger partial charge in [-0.2, -0.15) is 0 Å². The van der Waals surface area contributed by atoms with Crippen LogP contribution in [0, 0.1) is 0 Å². The summed E-state index contributed by atoms with van der Waals surface area (Å²) >= 11 is 0. The van der Waals surface area contributed by atoms with Gasteiger partial charge >= 0.3 is 0 Å². The van der Waals surface area contributed by atoms with Crippen molar-refractivity contribution in [3.05, 3.63) is 54.4 Å². The Morgan fingerprint density at radius 1 is 1.16 bits per heavy atom. The molecule has 1 saturated heterocycles. The number of carbonyl (C=O) groups excluding carboxylic acids is 1. The van der Waals surface area contributed by atoms with Gasteiger partial charge in [-0.25, -0.2) is 9.97 Å². The van der Waals surface area contributed by atoms with Crippen molar-refractivity contribution in [2.75, 3.05) is 48.8 Å². The number of anilines is 3. The van der Waals surface area contributed by atoms with Gasteiger partial charge in [0.05, 0.1) is 42.7 Å². The Morgan fingerprint density at radius 3 is 2.75 bits per heavy atom. The maximum Gasteiger partial charge on any atom is 0.278 e. The van der Waals surface area contributed by atoms with E-state index in [1.54, 1.807) is 18.6 Å². The van der Waals surface area contributed by atoms with E-state index in [2.05, 4.69) is 35.4 Å². The normalized spacial score (nSPS) is 13.7. The Hall–Kier alpha value is -3.57. The maximum absolute atomic E-state index is 13.0. The monoisotopic (exact) mass is 430 g/mol. The van der Waals surface area contributed by atoms with Crippen LogP contribution in [0.25, 0.3) is 11.3 Å². The Morgan fingerprint density at radius 2 is 2.00 bits per heavy atom. The molecule has 1 amide bonds.